The van der Waals surface area contributed by atoms with Gasteiger partial charge in [-0.1, -0.05) is 12.1 Å². The summed E-state index contributed by atoms with van der Waals surface area (Å²) in [6, 6.07) is 7.77. The van der Waals surface area contributed by atoms with Crippen LogP contribution < -0.4 is 5.32 Å². The predicted octanol–water partition coefficient (Wildman–Crippen LogP) is 3.87. The van der Waals surface area contributed by atoms with E-state index in [1.165, 1.54) is 0 Å². The maximum absolute atomic E-state index is 11.9. The Morgan fingerprint density at radius 2 is 2.32 bits per heavy atom. The molecule has 3 aromatic rings. The van der Waals surface area contributed by atoms with Crippen molar-refractivity contribution in [2.24, 2.45) is 0 Å². The number of aromatic amines is 1. The number of anilines is 1. The van der Waals surface area contributed by atoms with Gasteiger partial charge < -0.3 is 9.73 Å². The summed E-state index contributed by atoms with van der Waals surface area (Å²) in [6.45, 7) is 0. The number of allylic oxidation sites excluding steroid dienone is 1. The van der Waals surface area contributed by atoms with Gasteiger partial charge >= 0.3 is 0 Å². The number of hydrogen-bond donors (Lipinski definition) is 2. The van der Waals surface area contributed by atoms with Gasteiger partial charge in [0.1, 0.15) is 5.76 Å². The summed E-state index contributed by atoms with van der Waals surface area (Å²) in [7, 11) is 0. The summed E-state index contributed by atoms with van der Waals surface area (Å²) in [5.41, 5.74) is 2.00. The molecule has 0 fully saturated rings. The maximum Gasteiger partial charge on any atom is 0.226 e. The molecule has 1 unspecified atom stereocenters. The number of nitrogens with one attached hydrogen (secondary N) is 2. The molecule has 1 aliphatic heterocycles. The lowest BCUT2D eigenvalue weighted by Crippen LogP contribution is -2.21. The van der Waals surface area contributed by atoms with Crippen LogP contribution in [-0.4, -0.2) is 16.1 Å². The van der Waals surface area contributed by atoms with Crippen molar-refractivity contribution in [2.75, 3.05) is 5.32 Å². The van der Waals surface area contributed by atoms with Gasteiger partial charge in [-0.05, 0) is 29.7 Å². The molecule has 3 aromatic heterocycles. The number of thiophene rings is 1. The molecule has 1 aliphatic rings. The van der Waals surface area contributed by atoms with E-state index in [1.54, 1.807) is 17.6 Å². The predicted molar refractivity (Wildman–Crippen MR) is 85.6 cm³/mol. The Bertz CT molecular complexity index is 816. The molecule has 0 spiro atoms. The fraction of sp³-hybridized carbons (Fsp3) is 0.125. The fourth-order valence-electron chi connectivity index (χ4n) is 2.66. The molecule has 0 radical (unpaired) electrons. The average Bonchev–Trinajstić information content (AvgIpc) is 3.24. The molecule has 4 heterocycles. The third-order valence-electron chi connectivity index (χ3n) is 3.64. The highest BCUT2D eigenvalue weighted by Gasteiger charge is 2.29. The zero-order valence-corrected chi connectivity index (χ0v) is 12.4. The van der Waals surface area contributed by atoms with Crippen molar-refractivity contribution in [2.45, 2.75) is 12.3 Å². The number of nitrogens with zero attached hydrogens (tertiary/aromatic N) is 1. The third kappa shape index (κ3) is 2.27. The van der Waals surface area contributed by atoms with Gasteiger partial charge in [-0.3, -0.25) is 9.89 Å². The normalized spacial score (nSPS) is 17.6. The van der Waals surface area contributed by atoms with Gasteiger partial charge in [0, 0.05) is 17.9 Å². The van der Waals surface area contributed by atoms with E-state index in [0.717, 1.165) is 21.9 Å². The molecule has 4 rings (SSSR count). The van der Waals surface area contributed by atoms with Crippen LogP contribution in [0.1, 0.15) is 23.7 Å². The molecule has 22 heavy (non-hydrogen) atoms. The first-order chi connectivity index (χ1) is 10.8. The van der Waals surface area contributed by atoms with Crippen molar-refractivity contribution < 1.29 is 9.21 Å². The van der Waals surface area contributed by atoms with E-state index in [0.29, 0.717) is 12.2 Å². The number of carbonyl (C=O) groups excluding carboxylic acids is 1. The van der Waals surface area contributed by atoms with E-state index >= 15 is 0 Å². The van der Waals surface area contributed by atoms with Crippen molar-refractivity contribution in [1.29, 1.82) is 0 Å². The van der Waals surface area contributed by atoms with Gasteiger partial charge in [0.25, 0.3) is 0 Å². The van der Waals surface area contributed by atoms with Crippen molar-refractivity contribution in [3.05, 3.63) is 53.3 Å². The third-order valence-corrected chi connectivity index (χ3v) is 4.53. The highest BCUT2D eigenvalue weighted by atomic mass is 32.1. The van der Waals surface area contributed by atoms with Gasteiger partial charge in [0.15, 0.2) is 5.82 Å². The minimum Gasteiger partial charge on any atom is -0.465 e. The second-order valence-electron chi connectivity index (χ2n) is 5.07. The van der Waals surface area contributed by atoms with Crippen LogP contribution in [0.3, 0.4) is 0 Å². The number of rotatable bonds is 3. The number of amides is 1. The molecule has 1 amide bonds. The number of fused-ring (bicyclic) bond motifs is 1. The van der Waals surface area contributed by atoms with Crippen LogP contribution in [-0.2, 0) is 4.79 Å². The lowest BCUT2D eigenvalue weighted by Gasteiger charge is -2.19. The van der Waals surface area contributed by atoms with Gasteiger partial charge in [0.05, 0.1) is 16.8 Å². The van der Waals surface area contributed by atoms with Crippen molar-refractivity contribution in [1.82, 2.24) is 10.2 Å². The first kappa shape index (κ1) is 13.1. The second-order valence-corrected chi connectivity index (χ2v) is 6.02. The molecular weight excluding hydrogens is 298 g/mol. The molecule has 110 valence electrons. The summed E-state index contributed by atoms with van der Waals surface area (Å²) < 4.78 is 5.31. The van der Waals surface area contributed by atoms with Gasteiger partial charge in [-0.2, -0.15) is 5.10 Å². The quantitative estimate of drug-likeness (QED) is 0.771. The SMILES string of the molecule is O=C1CC(C=Cc2ccco2)c2c(n[nH]c2-c2cccs2)N1. The van der Waals surface area contributed by atoms with Crippen LogP contribution in [0.5, 0.6) is 0 Å². The van der Waals surface area contributed by atoms with Crippen molar-refractivity contribution in [3.8, 4) is 10.6 Å². The summed E-state index contributed by atoms with van der Waals surface area (Å²) in [5, 5.41) is 12.2. The Morgan fingerprint density at radius 1 is 1.36 bits per heavy atom. The molecule has 0 aromatic carbocycles. The van der Waals surface area contributed by atoms with Crippen LogP contribution in [0.4, 0.5) is 5.82 Å². The van der Waals surface area contributed by atoms with Crippen molar-refractivity contribution in [3.63, 3.8) is 0 Å². The fourth-order valence-corrected chi connectivity index (χ4v) is 3.40. The zero-order chi connectivity index (χ0) is 14.9. The number of carbonyl (C=O) groups is 1. The Balaban J connectivity index is 1.75. The molecule has 2 N–H and O–H groups in total. The number of H-pyrrole nitrogens is 1. The maximum atomic E-state index is 11.9. The first-order valence-electron chi connectivity index (χ1n) is 6.95. The van der Waals surface area contributed by atoms with Crippen LogP contribution in [0.2, 0.25) is 0 Å². The van der Waals surface area contributed by atoms with E-state index in [9.17, 15) is 4.79 Å². The monoisotopic (exact) mass is 311 g/mol. The highest BCUT2D eigenvalue weighted by molar-refractivity contribution is 7.13. The molecule has 1 atom stereocenters. The van der Waals surface area contributed by atoms with Crippen LogP contribution >= 0.6 is 11.3 Å². The molecular formula is C16H13N3O2S. The highest BCUT2D eigenvalue weighted by Crippen LogP contribution is 2.40. The minimum atomic E-state index is -0.0234. The average molecular weight is 311 g/mol. The van der Waals surface area contributed by atoms with E-state index in [2.05, 4.69) is 15.5 Å². The number of aromatic nitrogens is 2. The summed E-state index contributed by atoms with van der Waals surface area (Å²) >= 11 is 1.65. The number of hydrogen-bond acceptors (Lipinski definition) is 4. The molecule has 0 bridgehead atoms. The van der Waals surface area contributed by atoms with Crippen LogP contribution in [0, 0.1) is 0 Å². The largest absolute Gasteiger partial charge is 0.465 e. The molecule has 6 heteroatoms. The van der Waals surface area contributed by atoms with E-state index < -0.39 is 0 Å². The smallest absolute Gasteiger partial charge is 0.226 e. The van der Waals surface area contributed by atoms with Gasteiger partial charge in [-0.15, -0.1) is 11.3 Å². The van der Waals surface area contributed by atoms with Gasteiger partial charge in [-0.25, -0.2) is 0 Å². The van der Waals surface area contributed by atoms with E-state index in [4.69, 9.17) is 4.42 Å². The number of furan rings is 1. The second kappa shape index (κ2) is 5.31. The molecule has 0 saturated heterocycles. The Hall–Kier alpha value is -2.60. The lowest BCUT2D eigenvalue weighted by atomic mass is 9.91. The summed E-state index contributed by atoms with van der Waals surface area (Å²) in [6.07, 6.45) is 5.94. The molecule has 0 aliphatic carbocycles. The van der Waals surface area contributed by atoms with Crippen LogP contribution in [0.25, 0.3) is 16.6 Å². The zero-order valence-electron chi connectivity index (χ0n) is 11.6. The summed E-state index contributed by atoms with van der Waals surface area (Å²) in [4.78, 5) is 13.0. The Morgan fingerprint density at radius 3 is 3.09 bits per heavy atom. The minimum absolute atomic E-state index is 0.0224. The van der Waals surface area contributed by atoms with Crippen LogP contribution in [0.15, 0.2) is 46.4 Å². The molecule has 5 nitrogen and oxygen atoms in total. The first-order valence-corrected chi connectivity index (χ1v) is 7.83. The van der Waals surface area contributed by atoms with E-state index in [-0.39, 0.29) is 11.8 Å². The van der Waals surface area contributed by atoms with Crippen molar-refractivity contribution >= 4 is 29.1 Å². The summed E-state index contributed by atoms with van der Waals surface area (Å²) in [5.74, 6) is 1.35. The Kier molecular flexibility index (Phi) is 3.16. The standard InChI is InChI=1S/C16H13N3O2S/c20-13-9-10(5-6-11-3-1-7-21-11)14-15(12-4-2-8-22-12)18-19-16(14)17-13/h1-8,10H,9H2,(H2,17,18,19,20). The topological polar surface area (TPSA) is 70.9 Å². The lowest BCUT2D eigenvalue weighted by molar-refractivity contribution is -0.116. The molecule has 0 saturated carbocycles. The Labute approximate surface area is 130 Å². The van der Waals surface area contributed by atoms with E-state index in [1.807, 2.05) is 41.8 Å². The van der Waals surface area contributed by atoms with Gasteiger partial charge in [0.2, 0.25) is 5.91 Å².